The maximum absolute atomic E-state index is 4.60. The molecule has 112 valence electrons. The van der Waals surface area contributed by atoms with Crippen LogP contribution < -0.4 is 5.32 Å². The first kappa shape index (κ1) is 13.5. The fourth-order valence-corrected chi connectivity index (χ4v) is 3.12. The molecule has 0 radical (unpaired) electrons. The molecule has 1 fully saturated rings. The summed E-state index contributed by atoms with van der Waals surface area (Å²) in [6, 6.07) is 8.23. The van der Waals surface area contributed by atoms with Gasteiger partial charge in [0, 0.05) is 28.2 Å². The van der Waals surface area contributed by atoms with Crippen molar-refractivity contribution in [2.24, 2.45) is 0 Å². The Kier molecular flexibility index (Phi) is 3.38. The summed E-state index contributed by atoms with van der Waals surface area (Å²) in [6.45, 7) is 2.81. The number of hydrogen-bond acceptors (Lipinski definition) is 5. The fourth-order valence-electron chi connectivity index (χ4n) is 2.39. The van der Waals surface area contributed by atoms with Gasteiger partial charge >= 0.3 is 0 Å². The molecule has 1 saturated carbocycles. The van der Waals surface area contributed by atoms with Gasteiger partial charge in [-0.15, -0.1) is 11.3 Å². The smallest absolute Gasteiger partial charge is 0.181 e. The van der Waals surface area contributed by atoms with E-state index in [1.165, 1.54) is 17.7 Å². The van der Waals surface area contributed by atoms with E-state index in [9.17, 15) is 0 Å². The molecule has 1 aliphatic carbocycles. The normalized spacial score (nSPS) is 14.2. The highest BCUT2D eigenvalue weighted by Crippen LogP contribution is 2.38. The van der Waals surface area contributed by atoms with E-state index in [-0.39, 0.29) is 0 Å². The first-order valence-electron chi connectivity index (χ1n) is 7.46. The minimum absolute atomic E-state index is 0.595. The Morgan fingerprint density at radius 3 is 3.05 bits per heavy atom. The molecule has 0 bridgehead atoms. The first-order chi connectivity index (χ1) is 10.8. The number of aromatic amines is 1. The summed E-state index contributed by atoms with van der Waals surface area (Å²) in [4.78, 5) is 10.1. The Labute approximate surface area is 132 Å². The number of anilines is 1. The molecule has 0 spiro atoms. The van der Waals surface area contributed by atoms with Crippen LogP contribution in [-0.4, -0.2) is 20.2 Å². The van der Waals surface area contributed by atoms with E-state index < -0.39 is 0 Å². The fraction of sp³-hybridized carbons (Fsp3) is 0.312. The van der Waals surface area contributed by atoms with Gasteiger partial charge < -0.3 is 5.32 Å². The van der Waals surface area contributed by atoms with Crippen molar-refractivity contribution in [2.45, 2.75) is 32.2 Å². The van der Waals surface area contributed by atoms with Crippen LogP contribution in [0.15, 0.2) is 30.5 Å². The summed E-state index contributed by atoms with van der Waals surface area (Å²) in [5, 5.41) is 11.9. The van der Waals surface area contributed by atoms with Gasteiger partial charge in [-0.25, -0.2) is 9.97 Å². The lowest BCUT2D eigenvalue weighted by molar-refractivity contribution is 0.935. The molecule has 4 rings (SSSR count). The lowest BCUT2D eigenvalue weighted by Gasteiger charge is -2.05. The molecule has 22 heavy (non-hydrogen) atoms. The molecule has 0 amide bonds. The average molecular weight is 311 g/mol. The van der Waals surface area contributed by atoms with Crippen molar-refractivity contribution in [3.05, 3.63) is 46.2 Å². The van der Waals surface area contributed by atoms with Gasteiger partial charge in [0.25, 0.3) is 0 Å². The molecule has 3 aromatic rings. The Bertz CT molecular complexity index is 787. The Balaban J connectivity index is 1.49. The summed E-state index contributed by atoms with van der Waals surface area (Å²) in [5.41, 5.74) is 2.11. The molecule has 6 heteroatoms. The second-order valence-electron chi connectivity index (χ2n) is 5.60. The molecule has 2 heterocycles. The third-order valence-electron chi connectivity index (χ3n) is 3.72. The zero-order chi connectivity index (χ0) is 14.9. The van der Waals surface area contributed by atoms with Crippen LogP contribution in [0.1, 0.15) is 34.5 Å². The summed E-state index contributed by atoms with van der Waals surface area (Å²) >= 11 is 1.72. The predicted molar refractivity (Wildman–Crippen MR) is 88.0 cm³/mol. The van der Waals surface area contributed by atoms with Crippen LogP contribution in [0, 0.1) is 6.92 Å². The van der Waals surface area contributed by atoms with E-state index in [0.717, 1.165) is 34.5 Å². The molecule has 2 N–H and O–H groups in total. The highest BCUT2D eigenvalue weighted by Gasteiger charge is 2.27. The van der Waals surface area contributed by atoms with E-state index in [1.54, 1.807) is 11.3 Å². The molecule has 1 aliphatic rings. The summed E-state index contributed by atoms with van der Waals surface area (Å²) in [5.74, 6) is 2.39. The van der Waals surface area contributed by atoms with Gasteiger partial charge in [-0.05, 0) is 31.9 Å². The van der Waals surface area contributed by atoms with E-state index in [4.69, 9.17) is 0 Å². The van der Waals surface area contributed by atoms with Gasteiger partial charge in [0.2, 0.25) is 0 Å². The first-order valence-corrected chi connectivity index (χ1v) is 8.27. The van der Waals surface area contributed by atoms with Crippen molar-refractivity contribution >= 4 is 17.0 Å². The largest absolute Gasteiger partial charge is 0.380 e. The summed E-state index contributed by atoms with van der Waals surface area (Å²) in [7, 11) is 0. The number of nitrogens with zero attached hydrogens (tertiary/aromatic N) is 3. The van der Waals surface area contributed by atoms with E-state index >= 15 is 0 Å². The minimum Gasteiger partial charge on any atom is -0.380 e. The van der Waals surface area contributed by atoms with Gasteiger partial charge in [0.05, 0.1) is 11.6 Å². The maximum atomic E-state index is 4.60. The number of hydrogen-bond donors (Lipinski definition) is 2. The van der Waals surface area contributed by atoms with Crippen molar-refractivity contribution in [3.8, 4) is 11.4 Å². The van der Waals surface area contributed by atoms with Gasteiger partial charge in [-0.1, -0.05) is 12.1 Å². The molecule has 0 unspecified atom stereocenters. The van der Waals surface area contributed by atoms with Gasteiger partial charge in [-0.3, -0.25) is 5.10 Å². The lowest BCUT2D eigenvalue weighted by atomic mass is 10.2. The van der Waals surface area contributed by atoms with Crippen molar-refractivity contribution in [2.75, 3.05) is 5.32 Å². The second kappa shape index (κ2) is 5.53. The molecular formula is C16H17N5S. The van der Waals surface area contributed by atoms with Crippen LogP contribution >= 0.6 is 11.3 Å². The number of aryl methyl sites for hydroxylation is 1. The standard InChI is InChI=1S/C16H17N5S/c1-10-17-8-14(22-10)9-18-13-4-2-3-12(7-13)16-19-15(20-21-16)11-5-6-11/h2-4,7-8,11,18H,5-6,9H2,1H3,(H,19,20,21). The Morgan fingerprint density at radius 2 is 2.27 bits per heavy atom. The number of H-pyrrole nitrogens is 1. The van der Waals surface area contributed by atoms with Crippen LogP contribution in [-0.2, 0) is 6.54 Å². The SMILES string of the molecule is Cc1ncc(CNc2cccc(-c3n[nH]c(C4CC4)n3)c2)s1. The molecule has 0 aliphatic heterocycles. The predicted octanol–water partition coefficient (Wildman–Crippen LogP) is 3.73. The van der Waals surface area contributed by atoms with Crippen LogP contribution in [0.25, 0.3) is 11.4 Å². The van der Waals surface area contributed by atoms with Gasteiger partial charge in [0.1, 0.15) is 5.82 Å². The van der Waals surface area contributed by atoms with Crippen molar-refractivity contribution in [3.63, 3.8) is 0 Å². The second-order valence-corrected chi connectivity index (χ2v) is 6.92. The molecule has 0 atom stereocenters. The van der Waals surface area contributed by atoms with Crippen LogP contribution in [0.4, 0.5) is 5.69 Å². The number of thiazole rings is 1. The molecule has 1 aromatic carbocycles. The van der Waals surface area contributed by atoms with Gasteiger partial charge in [-0.2, -0.15) is 5.10 Å². The Hall–Kier alpha value is -2.21. The molecule has 5 nitrogen and oxygen atoms in total. The van der Waals surface area contributed by atoms with Crippen LogP contribution in [0.2, 0.25) is 0 Å². The zero-order valence-corrected chi connectivity index (χ0v) is 13.2. The van der Waals surface area contributed by atoms with Crippen LogP contribution in [0.5, 0.6) is 0 Å². The monoisotopic (exact) mass is 311 g/mol. The van der Waals surface area contributed by atoms with E-state index in [1.807, 2.05) is 25.3 Å². The quantitative estimate of drug-likeness (QED) is 0.753. The van der Waals surface area contributed by atoms with Gasteiger partial charge in [0.15, 0.2) is 5.82 Å². The summed E-state index contributed by atoms with van der Waals surface area (Å²) in [6.07, 6.45) is 4.38. The average Bonchev–Trinajstić information content (AvgIpc) is 3.11. The van der Waals surface area contributed by atoms with Crippen molar-refractivity contribution < 1.29 is 0 Å². The van der Waals surface area contributed by atoms with Crippen molar-refractivity contribution in [1.82, 2.24) is 20.2 Å². The highest BCUT2D eigenvalue weighted by molar-refractivity contribution is 7.11. The third-order valence-corrected chi connectivity index (χ3v) is 4.64. The van der Waals surface area contributed by atoms with Crippen molar-refractivity contribution in [1.29, 1.82) is 0 Å². The van der Waals surface area contributed by atoms with E-state index in [0.29, 0.717) is 5.92 Å². The zero-order valence-electron chi connectivity index (χ0n) is 12.3. The lowest BCUT2D eigenvalue weighted by Crippen LogP contribution is -1.97. The summed E-state index contributed by atoms with van der Waals surface area (Å²) < 4.78 is 0. The maximum Gasteiger partial charge on any atom is 0.181 e. The number of nitrogens with one attached hydrogen (secondary N) is 2. The number of rotatable bonds is 5. The molecule has 0 saturated heterocycles. The topological polar surface area (TPSA) is 66.5 Å². The number of benzene rings is 1. The molecular weight excluding hydrogens is 294 g/mol. The van der Waals surface area contributed by atoms with E-state index in [2.05, 4.69) is 37.6 Å². The highest BCUT2D eigenvalue weighted by atomic mass is 32.1. The third kappa shape index (κ3) is 2.87. The number of aromatic nitrogens is 4. The molecule has 2 aromatic heterocycles. The van der Waals surface area contributed by atoms with Crippen LogP contribution in [0.3, 0.4) is 0 Å². The Morgan fingerprint density at radius 1 is 1.36 bits per heavy atom. The minimum atomic E-state index is 0.595.